The molecule has 0 spiro atoms. The van der Waals surface area contributed by atoms with Crippen molar-refractivity contribution in [1.29, 1.82) is 0 Å². The van der Waals surface area contributed by atoms with Crippen LogP contribution >= 0.6 is 11.3 Å². The predicted octanol–water partition coefficient (Wildman–Crippen LogP) is 3.51. The second-order valence-electron chi connectivity index (χ2n) is 4.10. The summed E-state index contributed by atoms with van der Waals surface area (Å²) >= 11 is 1.65. The molecule has 0 amide bonds. The summed E-state index contributed by atoms with van der Waals surface area (Å²) in [7, 11) is 0. The van der Waals surface area contributed by atoms with E-state index in [4.69, 9.17) is 0 Å². The van der Waals surface area contributed by atoms with E-state index in [-0.39, 0.29) is 0 Å². The topological polar surface area (TPSA) is 37.3 Å². The summed E-state index contributed by atoms with van der Waals surface area (Å²) in [5.74, 6) is 0.583. The van der Waals surface area contributed by atoms with Gasteiger partial charge >= 0.3 is 0 Å². The Morgan fingerprint density at radius 2 is 2.38 bits per heavy atom. The molecule has 0 saturated heterocycles. The predicted molar refractivity (Wildman–Crippen MR) is 70.2 cm³/mol. The number of anilines is 1. The first-order valence-corrected chi connectivity index (χ1v) is 6.45. The molecule has 0 aromatic carbocycles. The van der Waals surface area contributed by atoms with E-state index in [2.05, 4.69) is 34.6 Å². The van der Waals surface area contributed by atoms with Crippen LogP contribution in [0.1, 0.15) is 29.8 Å². The third-order valence-electron chi connectivity index (χ3n) is 2.78. The Hall–Kier alpha value is -1.16. The maximum atomic E-state index is 4.37. The molecule has 1 atom stereocenters. The van der Waals surface area contributed by atoms with E-state index in [1.807, 2.05) is 13.1 Å². The summed E-state index contributed by atoms with van der Waals surface area (Å²) in [5, 5.41) is 5.15. The average molecular weight is 235 g/mol. The van der Waals surface area contributed by atoms with Crippen LogP contribution in [0.5, 0.6) is 0 Å². The monoisotopic (exact) mass is 235 g/mol. The lowest BCUT2D eigenvalue weighted by Crippen LogP contribution is -2.04. The lowest BCUT2D eigenvalue weighted by molar-refractivity contribution is 0.627. The molecule has 3 nitrogen and oxygen atoms in total. The molecule has 4 heteroatoms. The molecule has 0 fully saturated rings. The SMILES string of the molecule is Cc1nc(NN=CC2CC=CCC2)sc1C. The molecule has 2 rings (SSSR count). The third-order valence-corrected chi connectivity index (χ3v) is 3.76. The molecule has 1 aliphatic carbocycles. The first-order valence-electron chi connectivity index (χ1n) is 5.64. The minimum atomic E-state index is 0.583. The molecular formula is C12H17N3S. The number of hydrogen-bond acceptors (Lipinski definition) is 4. The average Bonchev–Trinajstić information content (AvgIpc) is 2.60. The van der Waals surface area contributed by atoms with Crippen molar-refractivity contribution >= 4 is 22.7 Å². The van der Waals surface area contributed by atoms with Gasteiger partial charge in [0.05, 0.1) is 5.69 Å². The van der Waals surface area contributed by atoms with Gasteiger partial charge in [0.2, 0.25) is 5.13 Å². The van der Waals surface area contributed by atoms with E-state index in [0.717, 1.165) is 17.2 Å². The summed E-state index contributed by atoms with van der Waals surface area (Å²) in [6, 6.07) is 0. The van der Waals surface area contributed by atoms with Gasteiger partial charge in [-0.2, -0.15) is 5.10 Å². The number of hydrazone groups is 1. The van der Waals surface area contributed by atoms with Gasteiger partial charge in [-0.1, -0.05) is 12.2 Å². The minimum Gasteiger partial charge on any atom is -0.253 e. The van der Waals surface area contributed by atoms with Crippen molar-refractivity contribution in [3.8, 4) is 0 Å². The van der Waals surface area contributed by atoms with Crippen LogP contribution in [0, 0.1) is 19.8 Å². The number of nitrogens with zero attached hydrogens (tertiary/aromatic N) is 2. The van der Waals surface area contributed by atoms with Crippen LogP contribution in [0.25, 0.3) is 0 Å². The fourth-order valence-corrected chi connectivity index (χ4v) is 2.44. The highest BCUT2D eigenvalue weighted by atomic mass is 32.1. The van der Waals surface area contributed by atoms with E-state index >= 15 is 0 Å². The molecule has 0 aliphatic heterocycles. The largest absolute Gasteiger partial charge is 0.253 e. The van der Waals surface area contributed by atoms with Crippen molar-refractivity contribution in [1.82, 2.24) is 4.98 Å². The van der Waals surface area contributed by atoms with E-state index in [1.165, 1.54) is 17.7 Å². The Morgan fingerprint density at radius 1 is 1.50 bits per heavy atom. The molecule has 1 aromatic heterocycles. The van der Waals surface area contributed by atoms with Crippen LogP contribution in [0.4, 0.5) is 5.13 Å². The standard InChI is InChI=1S/C12H17N3S/c1-9-10(2)16-12(14-9)15-13-8-11-6-4-3-5-7-11/h3-4,8,11H,5-7H2,1-2H3,(H,14,15). The molecule has 16 heavy (non-hydrogen) atoms. The van der Waals surface area contributed by atoms with Crippen LogP contribution < -0.4 is 5.43 Å². The molecule has 0 radical (unpaired) electrons. The van der Waals surface area contributed by atoms with Gasteiger partial charge in [0.1, 0.15) is 0 Å². The summed E-state index contributed by atoms with van der Waals surface area (Å²) in [6.45, 7) is 4.10. The number of aryl methyl sites for hydroxylation is 2. The molecule has 1 aromatic rings. The van der Waals surface area contributed by atoms with Gasteiger partial charge in [0.15, 0.2) is 0 Å². The highest BCUT2D eigenvalue weighted by Gasteiger charge is 2.06. The van der Waals surface area contributed by atoms with E-state index in [0.29, 0.717) is 5.92 Å². The number of nitrogens with one attached hydrogen (secondary N) is 1. The van der Waals surface area contributed by atoms with Gasteiger partial charge in [0, 0.05) is 11.1 Å². The van der Waals surface area contributed by atoms with Crippen molar-refractivity contribution in [3.63, 3.8) is 0 Å². The zero-order valence-corrected chi connectivity index (χ0v) is 10.5. The van der Waals surface area contributed by atoms with Crippen molar-refractivity contribution in [2.75, 3.05) is 5.43 Å². The number of rotatable bonds is 3. The number of hydrogen-bond donors (Lipinski definition) is 1. The van der Waals surface area contributed by atoms with Gasteiger partial charge in [0.25, 0.3) is 0 Å². The zero-order chi connectivity index (χ0) is 11.4. The minimum absolute atomic E-state index is 0.583. The van der Waals surface area contributed by atoms with Crippen molar-refractivity contribution in [2.45, 2.75) is 33.1 Å². The highest BCUT2D eigenvalue weighted by molar-refractivity contribution is 7.15. The maximum absolute atomic E-state index is 4.37. The van der Waals surface area contributed by atoms with Crippen LogP contribution in [0.2, 0.25) is 0 Å². The fourth-order valence-electron chi connectivity index (χ4n) is 1.67. The third kappa shape index (κ3) is 2.92. The molecular weight excluding hydrogens is 218 g/mol. The molecule has 0 saturated carbocycles. The van der Waals surface area contributed by atoms with Crippen molar-refractivity contribution in [2.24, 2.45) is 11.0 Å². The molecule has 1 N–H and O–H groups in total. The van der Waals surface area contributed by atoms with Gasteiger partial charge < -0.3 is 0 Å². The van der Waals surface area contributed by atoms with Gasteiger partial charge in [-0.05, 0) is 39.0 Å². The van der Waals surface area contributed by atoms with Crippen molar-refractivity contribution in [3.05, 3.63) is 22.7 Å². The number of thiazole rings is 1. The van der Waals surface area contributed by atoms with Gasteiger partial charge in [-0.25, -0.2) is 4.98 Å². The zero-order valence-electron chi connectivity index (χ0n) is 9.73. The summed E-state index contributed by atoms with van der Waals surface area (Å²) in [6.07, 6.45) is 9.98. The van der Waals surface area contributed by atoms with Crippen molar-refractivity contribution < 1.29 is 0 Å². The summed E-state index contributed by atoms with van der Waals surface area (Å²) in [5.41, 5.74) is 4.09. The maximum Gasteiger partial charge on any atom is 0.203 e. The van der Waals surface area contributed by atoms with Gasteiger partial charge in [-0.3, -0.25) is 5.43 Å². The Bertz CT molecular complexity index is 387. The Kier molecular flexibility index (Phi) is 3.72. The van der Waals surface area contributed by atoms with Crippen LogP contribution in [-0.4, -0.2) is 11.2 Å². The molecule has 0 bridgehead atoms. The van der Waals surface area contributed by atoms with Crippen LogP contribution in [0.3, 0.4) is 0 Å². The second kappa shape index (κ2) is 5.25. The van der Waals surface area contributed by atoms with E-state index in [1.54, 1.807) is 11.3 Å². The lowest BCUT2D eigenvalue weighted by Gasteiger charge is -2.11. The molecule has 1 heterocycles. The molecule has 1 aliphatic rings. The lowest BCUT2D eigenvalue weighted by atomic mass is 9.96. The van der Waals surface area contributed by atoms with E-state index < -0.39 is 0 Å². The first-order chi connectivity index (χ1) is 7.75. The number of aromatic nitrogens is 1. The Balaban J connectivity index is 1.86. The quantitative estimate of drug-likeness (QED) is 0.494. The smallest absolute Gasteiger partial charge is 0.203 e. The first kappa shape index (κ1) is 11.3. The molecule has 1 unspecified atom stereocenters. The highest BCUT2D eigenvalue weighted by Crippen LogP contribution is 2.21. The second-order valence-corrected chi connectivity index (χ2v) is 5.30. The summed E-state index contributed by atoms with van der Waals surface area (Å²) < 4.78 is 0. The number of allylic oxidation sites excluding steroid dienone is 2. The van der Waals surface area contributed by atoms with E-state index in [9.17, 15) is 0 Å². The van der Waals surface area contributed by atoms with Gasteiger partial charge in [-0.15, -0.1) is 11.3 Å². The Morgan fingerprint density at radius 3 is 3.00 bits per heavy atom. The molecule has 86 valence electrons. The van der Waals surface area contributed by atoms with Crippen LogP contribution in [-0.2, 0) is 0 Å². The normalized spacial score (nSPS) is 20.5. The Labute approximate surface area is 100 Å². The van der Waals surface area contributed by atoms with Crippen LogP contribution in [0.15, 0.2) is 17.3 Å². The summed E-state index contributed by atoms with van der Waals surface area (Å²) in [4.78, 5) is 5.62. The fraction of sp³-hybridized carbons (Fsp3) is 0.500.